The maximum Gasteiger partial charge on any atom is 0.230 e. The molecule has 1 unspecified atom stereocenters. The smallest absolute Gasteiger partial charge is 0.230 e. The molecular formula is C30H34ClN3O3. The van der Waals surface area contributed by atoms with Gasteiger partial charge in [0.2, 0.25) is 11.8 Å². The minimum atomic E-state index is -0.0633. The normalized spacial score (nSPS) is 14.6. The second-order valence-electron chi connectivity index (χ2n) is 9.38. The number of benzene rings is 3. The Kier molecular flexibility index (Phi) is 8.72. The average molecular weight is 520 g/mol. The monoisotopic (exact) mass is 519 g/mol. The van der Waals surface area contributed by atoms with E-state index in [1.54, 1.807) is 19.1 Å². The number of likely N-dealkylation sites (tertiary alicyclic amines) is 1. The third-order valence-electron chi connectivity index (χ3n) is 6.85. The van der Waals surface area contributed by atoms with E-state index in [4.69, 9.17) is 16.3 Å². The highest BCUT2D eigenvalue weighted by Crippen LogP contribution is 2.33. The van der Waals surface area contributed by atoms with Crippen molar-refractivity contribution in [3.05, 3.63) is 83.4 Å². The third kappa shape index (κ3) is 6.63. The molecule has 0 bridgehead atoms. The summed E-state index contributed by atoms with van der Waals surface area (Å²) in [7, 11) is 0. The van der Waals surface area contributed by atoms with Gasteiger partial charge in [-0.25, -0.2) is 0 Å². The lowest BCUT2D eigenvalue weighted by Crippen LogP contribution is -2.44. The maximum atomic E-state index is 13.4. The van der Waals surface area contributed by atoms with Gasteiger partial charge in [0.1, 0.15) is 5.75 Å². The topological polar surface area (TPSA) is 61.9 Å². The highest BCUT2D eigenvalue weighted by atomic mass is 35.5. The molecule has 1 aliphatic rings. The molecule has 0 aromatic heterocycles. The van der Waals surface area contributed by atoms with Crippen molar-refractivity contribution in [3.8, 4) is 11.5 Å². The highest BCUT2D eigenvalue weighted by Gasteiger charge is 2.29. The lowest BCUT2D eigenvalue weighted by atomic mass is 9.94. The molecular weight excluding hydrogens is 486 g/mol. The van der Waals surface area contributed by atoms with Crippen LogP contribution < -0.4 is 15.0 Å². The number of nitrogens with zero attached hydrogens (tertiary/aromatic N) is 2. The van der Waals surface area contributed by atoms with Crippen LogP contribution in [0.5, 0.6) is 11.5 Å². The van der Waals surface area contributed by atoms with Gasteiger partial charge in [-0.15, -0.1) is 0 Å². The van der Waals surface area contributed by atoms with Crippen LogP contribution in [0.15, 0.2) is 72.8 Å². The number of amides is 2. The minimum Gasteiger partial charge on any atom is -0.455 e. The number of ether oxygens (including phenoxy) is 1. The van der Waals surface area contributed by atoms with Crippen LogP contribution in [0, 0.1) is 5.92 Å². The molecule has 1 atom stereocenters. The van der Waals surface area contributed by atoms with Crippen molar-refractivity contribution in [2.75, 3.05) is 29.9 Å². The lowest BCUT2D eigenvalue weighted by Gasteiger charge is -2.33. The fraction of sp³-hybridized carbons (Fsp3) is 0.333. The second-order valence-corrected chi connectivity index (χ2v) is 9.81. The van der Waals surface area contributed by atoms with Gasteiger partial charge in [-0.2, -0.15) is 0 Å². The van der Waals surface area contributed by atoms with Crippen molar-refractivity contribution in [2.45, 2.75) is 39.7 Å². The zero-order valence-electron chi connectivity index (χ0n) is 21.6. The summed E-state index contributed by atoms with van der Waals surface area (Å²) in [5.74, 6) is 1.57. The predicted octanol–water partition coefficient (Wildman–Crippen LogP) is 6.92. The summed E-state index contributed by atoms with van der Waals surface area (Å²) in [6.07, 6.45) is 1.41. The molecule has 0 spiro atoms. The molecule has 1 aliphatic heterocycles. The zero-order valence-corrected chi connectivity index (χ0v) is 22.4. The number of anilines is 2. The molecule has 0 radical (unpaired) electrons. The average Bonchev–Trinajstić information content (AvgIpc) is 2.91. The number of para-hydroxylation sites is 2. The van der Waals surface area contributed by atoms with Crippen LogP contribution in [0.4, 0.5) is 11.4 Å². The number of carbonyl (C=O) groups excluding carboxylic acids is 2. The molecule has 194 valence electrons. The molecule has 1 fully saturated rings. The highest BCUT2D eigenvalue weighted by molar-refractivity contribution is 6.30. The summed E-state index contributed by atoms with van der Waals surface area (Å²) in [6, 6.07) is 23.2. The van der Waals surface area contributed by atoms with E-state index in [1.807, 2.05) is 65.3 Å². The number of rotatable bonds is 8. The Bertz CT molecular complexity index is 1220. The van der Waals surface area contributed by atoms with Crippen molar-refractivity contribution in [1.29, 1.82) is 0 Å². The van der Waals surface area contributed by atoms with Crippen LogP contribution in [-0.4, -0.2) is 36.3 Å². The summed E-state index contributed by atoms with van der Waals surface area (Å²) in [4.78, 5) is 28.7. The molecule has 1 heterocycles. The van der Waals surface area contributed by atoms with Gasteiger partial charge in [-0.3, -0.25) is 9.59 Å². The van der Waals surface area contributed by atoms with E-state index in [0.717, 1.165) is 22.7 Å². The number of halogens is 1. The molecule has 6 nitrogen and oxygen atoms in total. The Balaban J connectivity index is 1.46. The Hall–Kier alpha value is -3.51. The van der Waals surface area contributed by atoms with Gasteiger partial charge in [0.25, 0.3) is 0 Å². The Labute approximate surface area is 224 Å². The number of piperidine rings is 1. The van der Waals surface area contributed by atoms with Gasteiger partial charge in [0, 0.05) is 49.2 Å². The van der Waals surface area contributed by atoms with Gasteiger partial charge < -0.3 is 19.9 Å². The van der Waals surface area contributed by atoms with E-state index in [9.17, 15) is 9.59 Å². The zero-order chi connectivity index (χ0) is 26.4. The van der Waals surface area contributed by atoms with E-state index in [-0.39, 0.29) is 23.8 Å². The first-order valence-electron chi connectivity index (χ1n) is 12.8. The van der Waals surface area contributed by atoms with Crippen LogP contribution >= 0.6 is 11.6 Å². The molecule has 4 rings (SSSR count). The maximum absolute atomic E-state index is 13.4. The van der Waals surface area contributed by atoms with E-state index < -0.39 is 0 Å². The molecule has 3 aromatic rings. The molecule has 2 amide bonds. The van der Waals surface area contributed by atoms with Crippen LogP contribution in [-0.2, 0) is 9.59 Å². The first-order valence-corrected chi connectivity index (χ1v) is 13.2. The SMILES string of the molecule is CCN(C(=O)C1CCN(C(C)=O)CC1)c1cccc(C(C)Nc2ccccc2Oc2ccc(Cl)cc2)c1. The quantitative estimate of drug-likeness (QED) is 0.351. The van der Waals surface area contributed by atoms with Crippen LogP contribution in [0.1, 0.15) is 45.2 Å². The van der Waals surface area contributed by atoms with Crippen LogP contribution in [0.25, 0.3) is 0 Å². The number of carbonyl (C=O) groups is 2. The van der Waals surface area contributed by atoms with E-state index in [2.05, 4.69) is 24.4 Å². The third-order valence-corrected chi connectivity index (χ3v) is 7.11. The standard InChI is InChI=1S/C30H34ClN3O3/c1-4-34(30(36)23-16-18-33(19-17-23)22(3)35)26-9-7-8-24(20-26)21(2)32-28-10-5-6-11-29(28)37-27-14-12-25(31)13-15-27/h5-15,20-21,23,32H,4,16-19H2,1-3H3. The summed E-state index contributed by atoms with van der Waals surface area (Å²) in [5, 5.41) is 4.22. The van der Waals surface area contributed by atoms with Gasteiger partial charge >= 0.3 is 0 Å². The van der Waals surface area contributed by atoms with Crippen molar-refractivity contribution in [3.63, 3.8) is 0 Å². The molecule has 1 saturated heterocycles. The van der Waals surface area contributed by atoms with Crippen molar-refractivity contribution in [1.82, 2.24) is 4.90 Å². The van der Waals surface area contributed by atoms with Crippen LogP contribution in [0.3, 0.4) is 0 Å². The fourth-order valence-electron chi connectivity index (χ4n) is 4.71. The van der Waals surface area contributed by atoms with Crippen molar-refractivity contribution >= 4 is 34.8 Å². The molecule has 0 saturated carbocycles. The number of nitrogens with one attached hydrogen (secondary N) is 1. The largest absolute Gasteiger partial charge is 0.455 e. The molecule has 1 N–H and O–H groups in total. The summed E-state index contributed by atoms with van der Waals surface area (Å²) < 4.78 is 6.10. The number of hydrogen-bond donors (Lipinski definition) is 1. The Morgan fingerprint density at radius 3 is 2.43 bits per heavy atom. The Morgan fingerprint density at radius 2 is 1.76 bits per heavy atom. The summed E-state index contributed by atoms with van der Waals surface area (Å²) >= 11 is 6.00. The minimum absolute atomic E-state index is 0.0254. The van der Waals surface area contributed by atoms with Crippen LogP contribution in [0.2, 0.25) is 5.02 Å². The molecule has 7 heteroatoms. The predicted molar refractivity (Wildman–Crippen MR) is 149 cm³/mol. The van der Waals surface area contributed by atoms with E-state index in [1.165, 1.54) is 0 Å². The van der Waals surface area contributed by atoms with E-state index >= 15 is 0 Å². The van der Waals surface area contributed by atoms with Gasteiger partial charge in [0.05, 0.1) is 5.69 Å². The second kappa shape index (κ2) is 12.2. The first-order chi connectivity index (χ1) is 17.9. The Morgan fingerprint density at radius 1 is 1.05 bits per heavy atom. The van der Waals surface area contributed by atoms with Gasteiger partial charge in [-0.05, 0) is 80.8 Å². The summed E-state index contributed by atoms with van der Waals surface area (Å²) in [6.45, 7) is 7.55. The van der Waals surface area contributed by atoms with Gasteiger partial charge in [0.15, 0.2) is 5.75 Å². The van der Waals surface area contributed by atoms with E-state index in [0.29, 0.717) is 43.2 Å². The van der Waals surface area contributed by atoms with Crippen molar-refractivity contribution in [2.24, 2.45) is 5.92 Å². The lowest BCUT2D eigenvalue weighted by molar-refractivity contribution is -0.133. The van der Waals surface area contributed by atoms with Gasteiger partial charge in [-0.1, -0.05) is 35.9 Å². The molecule has 37 heavy (non-hydrogen) atoms. The first kappa shape index (κ1) is 26.6. The van der Waals surface area contributed by atoms with Crippen molar-refractivity contribution < 1.29 is 14.3 Å². The fourth-order valence-corrected chi connectivity index (χ4v) is 4.84. The molecule has 3 aromatic carbocycles. The summed E-state index contributed by atoms with van der Waals surface area (Å²) in [5.41, 5.74) is 2.82. The number of hydrogen-bond acceptors (Lipinski definition) is 4. The molecule has 0 aliphatic carbocycles.